The number of benzene rings is 1. The van der Waals surface area contributed by atoms with Crippen molar-refractivity contribution in [1.82, 2.24) is 0 Å². The topological polar surface area (TPSA) is 17.1 Å². The van der Waals surface area contributed by atoms with E-state index in [0.717, 1.165) is 5.56 Å². The first-order valence-corrected chi connectivity index (χ1v) is 9.10. The smallest absolute Gasteiger partial charge is 0.298 e. The lowest BCUT2D eigenvalue weighted by atomic mass is 10.2. The predicted molar refractivity (Wildman–Crippen MR) is 102 cm³/mol. The number of hydrogen-bond donors (Lipinski definition) is 0. The van der Waals surface area contributed by atoms with Crippen LogP contribution < -0.4 is 0 Å². The fourth-order valence-corrected chi connectivity index (χ4v) is 2.67. The molecule has 0 saturated heterocycles. The first-order chi connectivity index (χ1) is 11.7. The van der Waals surface area contributed by atoms with Crippen LogP contribution in [-0.4, -0.2) is 17.7 Å². The third kappa shape index (κ3) is 14.8. The Morgan fingerprint density at radius 2 is 1.88 bits per heavy atom. The number of hydrogen-bond acceptors (Lipinski definition) is 2. The molecule has 1 aromatic rings. The molecule has 0 unspecified atom stereocenters. The van der Waals surface area contributed by atoms with E-state index in [-0.39, 0.29) is 5.75 Å². The number of Topliss-reactive ketones (excluding diaryl/α,β-unsaturated/α-hetero) is 1. The second kappa shape index (κ2) is 13.1. The molecular weight excluding hydrogens is 392 g/mol. The van der Waals surface area contributed by atoms with Crippen molar-refractivity contribution in [2.75, 3.05) is 5.75 Å². The number of allylic oxidation sites excluding steroid dienone is 5. The molecule has 0 spiro atoms. The van der Waals surface area contributed by atoms with E-state index >= 15 is 0 Å². The van der Waals surface area contributed by atoms with Gasteiger partial charge in [0.05, 0.1) is 5.75 Å². The summed E-state index contributed by atoms with van der Waals surface area (Å²) in [6.45, 7) is 5.40. The Morgan fingerprint density at radius 3 is 2.36 bits per heavy atom. The summed E-state index contributed by atoms with van der Waals surface area (Å²) in [5.41, 5.74) is 0.930. The van der Waals surface area contributed by atoms with Gasteiger partial charge in [-0.25, -0.2) is 0 Å². The van der Waals surface area contributed by atoms with Gasteiger partial charge >= 0.3 is 6.18 Å². The van der Waals surface area contributed by atoms with Crippen LogP contribution in [0.1, 0.15) is 18.9 Å². The van der Waals surface area contributed by atoms with E-state index in [0.29, 0.717) is 15.8 Å². The summed E-state index contributed by atoms with van der Waals surface area (Å²) in [5, 5.41) is 1.31. The van der Waals surface area contributed by atoms with Gasteiger partial charge in [-0.15, -0.1) is 11.8 Å². The molecule has 25 heavy (non-hydrogen) atoms. The lowest BCUT2D eigenvalue weighted by Crippen LogP contribution is -2.16. The van der Waals surface area contributed by atoms with Crippen molar-refractivity contribution >= 4 is 40.7 Å². The van der Waals surface area contributed by atoms with Crippen molar-refractivity contribution in [1.29, 1.82) is 0 Å². The van der Waals surface area contributed by atoms with Gasteiger partial charge in [0.1, 0.15) is 6.42 Å². The zero-order valence-electron chi connectivity index (χ0n) is 13.7. The predicted octanol–water partition coefficient (Wildman–Crippen LogP) is 6.97. The van der Waals surface area contributed by atoms with Crippen LogP contribution in [0, 0.1) is 0 Å². The molecule has 0 aromatic heterocycles. The minimum Gasteiger partial charge on any atom is -0.298 e. The zero-order valence-corrected chi connectivity index (χ0v) is 16.0. The molecule has 0 fully saturated rings. The maximum Gasteiger partial charge on any atom is 0.395 e. The molecule has 0 aliphatic rings. The molecule has 0 bridgehead atoms. The Balaban J connectivity index is 0.000000609. The number of ketones is 1. The minimum atomic E-state index is -4.40. The van der Waals surface area contributed by atoms with Crippen LogP contribution in [0.3, 0.4) is 0 Å². The van der Waals surface area contributed by atoms with Crippen LogP contribution >= 0.6 is 35.0 Å². The van der Waals surface area contributed by atoms with Gasteiger partial charge in [-0.3, -0.25) is 4.79 Å². The fourth-order valence-electron chi connectivity index (χ4n) is 1.47. The molecule has 0 aliphatic heterocycles. The van der Waals surface area contributed by atoms with Crippen molar-refractivity contribution in [3.05, 3.63) is 70.8 Å². The van der Waals surface area contributed by atoms with E-state index in [1.165, 1.54) is 11.8 Å². The maximum atomic E-state index is 11.9. The molecule has 0 saturated carbocycles. The van der Waals surface area contributed by atoms with Crippen LogP contribution in [0.5, 0.6) is 0 Å². The molecule has 138 valence electrons. The molecule has 0 N–H and O–H groups in total. The molecular formula is C18H19Cl2F3OS. The monoisotopic (exact) mass is 410 g/mol. The molecule has 0 amide bonds. The van der Waals surface area contributed by atoms with Crippen molar-refractivity contribution in [3.8, 4) is 0 Å². The third-order valence-corrected chi connectivity index (χ3v) is 4.01. The second-order valence-corrected chi connectivity index (χ2v) is 6.60. The van der Waals surface area contributed by atoms with Crippen molar-refractivity contribution in [2.45, 2.75) is 25.3 Å². The molecule has 1 nitrogen and oxygen atoms in total. The normalized spacial score (nSPS) is 11.8. The van der Waals surface area contributed by atoms with Crippen LogP contribution in [-0.2, 0) is 10.5 Å². The van der Waals surface area contributed by atoms with Crippen LogP contribution in [0.15, 0.2) is 60.2 Å². The average Bonchev–Trinajstić information content (AvgIpc) is 2.49. The number of thioether (sulfide) groups is 1. The van der Waals surface area contributed by atoms with E-state index in [1.807, 2.05) is 19.1 Å². The summed E-state index contributed by atoms with van der Waals surface area (Å²) in [7, 11) is 0. The summed E-state index contributed by atoms with van der Waals surface area (Å²) < 4.78 is 35.6. The largest absolute Gasteiger partial charge is 0.395 e. The molecule has 7 heteroatoms. The summed E-state index contributed by atoms with van der Waals surface area (Å²) in [5.74, 6) is -0.417. The lowest BCUT2D eigenvalue weighted by Gasteiger charge is -2.05. The highest BCUT2D eigenvalue weighted by atomic mass is 35.5. The third-order valence-electron chi connectivity index (χ3n) is 2.45. The van der Waals surface area contributed by atoms with Gasteiger partial charge in [0, 0.05) is 15.8 Å². The summed E-state index contributed by atoms with van der Waals surface area (Å²) in [6, 6.07) is 6.97. The number of alkyl halides is 3. The Bertz CT molecular complexity index is 593. The van der Waals surface area contributed by atoms with Crippen LogP contribution in [0.25, 0.3) is 0 Å². The Hall–Kier alpha value is -1.17. The van der Waals surface area contributed by atoms with Gasteiger partial charge in [0.2, 0.25) is 0 Å². The van der Waals surface area contributed by atoms with Gasteiger partial charge in [-0.2, -0.15) is 13.2 Å². The summed E-state index contributed by atoms with van der Waals surface area (Å²) >= 11 is 12.4. The van der Waals surface area contributed by atoms with Gasteiger partial charge in [-0.1, -0.05) is 54.1 Å². The Labute approximate surface area is 160 Å². The van der Waals surface area contributed by atoms with Crippen molar-refractivity contribution in [3.63, 3.8) is 0 Å². The number of rotatable bonds is 7. The second-order valence-electron chi connectivity index (χ2n) is 4.74. The molecule has 0 heterocycles. The highest BCUT2D eigenvalue weighted by Crippen LogP contribution is 2.22. The Morgan fingerprint density at radius 1 is 1.28 bits per heavy atom. The van der Waals surface area contributed by atoms with E-state index < -0.39 is 18.4 Å². The van der Waals surface area contributed by atoms with Crippen LogP contribution in [0.2, 0.25) is 5.02 Å². The quantitative estimate of drug-likeness (QED) is 0.451. The zero-order chi connectivity index (χ0) is 19.3. The van der Waals surface area contributed by atoms with Crippen molar-refractivity contribution < 1.29 is 18.0 Å². The number of carbonyl (C=O) groups excluding carboxylic acids is 1. The molecule has 1 rings (SSSR count). The average molecular weight is 411 g/mol. The first kappa shape index (κ1) is 23.8. The molecule has 0 atom stereocenters. The minimum absolute atomic E-state index is 0.123. The van der Waals surface area contributed by atoms with Gasteiger partial charge in [-0.05, 0) is 36.8 Å². The summed E-state index contributed by atoms with van der Waals surface area (Å²) in [4.78, 5) is 10.9. The molecule has 0 aliphatic carbocycles. The lowest BCUT2D eigenvalue weighted by molar-refractivity contribution is -0.150. The molecule has 0 radical (unpaired) electrons. The standard InChI is InChI=1S/C11H10ClF3OS.C7H9Cl/c12-9-3-1-8(2-4-9)6-17-7-10(16)5-11(13,14)15;1-3-5-7(8)6-4-2/h1-4H,5-7H2;3-6H,1H2,2H3/b;6-4-,7-5+. The molecule has 1 aromatic carbocycles. The number of carbonyl (C=O) groups is 1. The summed E-state index contributed by atoms with van der Waals surface area (Å²) in [6.07, 6.45) is 1.33. The maximum absolute atomic E-state index is 11.9. The number of halogens is 5. The van der Waals surface area contributed by atoms with E-state index in [9.17, 15) is 18.0 Å². The van der Waals surface area contributed by atoms with Crippen LogP contribution in [0.4, 0.5) is 13.2 Å². The van der Waals surface area contributed by atoms with Gasteiger partial charge in [0.15, 0.2) is 5.78 Å². The van der Waals surface area contributed by atoms with E-state index in [4.69, 9.17) is 23.2 Å². The highest BCUT2D eigenvalue weighted by molar-refractivity contribution is 7.99. The highest BCUT2D eigenvalue weighted by Gasteiger charge is 2.30. The Kier molecular flexibility index (Phi) is 12.5. The van der Waals surface area contributed by atoms with E-state index in [2.05, 4.69) is 6.58 Å². The van der Waals surface area contributed by atoms with Gasteiger partial charge in [0.25, 0.3) is 0 Å². The fraction of sp³-hybridized carbons (Fsp3) is 0.278. The first-order valence-electron chi connectivity index (χ1n) is 7.19. The van der Waals surface area contributed by atoms with Gasteiger partial charge < -0.3 is 0 Å². The van der Waals surface area contributed by atoms with E-state index in [1.54, 1.807) is 36.4 Å². The van der Waals surface area contributed by atoms with Crippen molar-refractivity contribution in [2.24, 2.45) is 0 Å². The SMILES string of the molecule is C=C/C=C(Cl)\C=C/C.O=C(CSCc1ccc(Cl)cc1)CC(F)(F)F.